The molecule has 2 fully saturated rings. The van der Waals surface area contributed by atoms with Gasteiger partial charge in [0.1, 0.15) is 5.76 Å². The van der Waals surface area contributed by atoms with E-state index in [0.717, 1.165) is 68.2 Å². The lowest BCUT2D eigenvalue weighted by Crippen LogP contribution is -2.53. The molecule has 3 atom stereocenters. The van der Waals surface area contributed by atoms with Gasteiger partial charge in [-0.25, -0.2) is 4.98 Å². The third-order valence-corrected chi connectivity index (χ3v) is 8.29. The molecule has 1 saturated heterocycles. The van der Waals surface area contributed by atoms with Crippen molar-refractivity contribution in [2.45, 2.75) is 75.1 Å². The number of hydrogen-bond acceptors (Lipinski definition) is 4. The van der Waals surface area contributed by atoms with Crippen LogP contribution >= 0.6 is 11.6 Å². The lowest BCUT2D eigenvalue weighted by atomic mass is 9.83. The molecule has 29 heavy (non-hydrogen) atoms. The first kappa shape index (κ1) is 21.1. The molecule has 0 N–H and O–H groups in total. The molecule has 1 aromatic heterocycles. The van der Waals surface area contributed by atoms with Gasteiger partial charge in [-0.05, 0) is 69.6 Å². The van der Waals surface area contributed by atoms with E-state index >= 15 is 0 Å². The van der Waals surface area contributed by atoms with Gasteiger partial charge in [0.05, 0.1) is 6.20 Å². The van der Waals surface area contributed by atoms with Gasteiger partial charge in [0.2, 0.25) is 0 Å². The van der Waals surface area contributed by atoms with E-state index in [4.69, 9.17) is 16.0 Å². The summed E-state index contributed by atoms with van der Waals surface area (Å²) in [6, 6.07) is 9.33. The van der Waals surface area contributed by atoms with E-state index in [2.05, 4.69) is 22.0 Å². The number of halogens is 1. The van der Waals surface area contributed by atoms with Crippen molar-refractivity contribution >= 4 is 22.4 Å². The van der Waals surface area contributed by atoms with E-state index in [0.29, 0.717) is 23.3 Å². The summed E-state index contributed by atoms with van der Waals surface area (Å²) in [4.78, 5) is 7.14. The summed E-state index contributed by atoms with van der Waals surface area (Å²) in [6.45, 7) is 2.91. The van der Waals surface area contributed by atoms with Gasteiger partial charge in [0, 0.05) is 51.9 Å². The summed E-state index contributed by atoms with van der Waals surface area (Å²) < 4.78 is 18.0. The highest BCUT2D eigenvalue weighted by Crippen LogP contribution is 2.37. The van der Waals surface area contributed by atoms with Crippen LogP contribution in [0.15, 0.2) is 34.9 Å². The fourth-order valence-corrected chi connectivity index (χ4v) is 6.04. The molecule has 4 rings (SSSR count). The number of aromatic nitrogens is 1. The lowest BCUT2D eigenvalue weighted by molar-refractivity contribution is 0.0694. The number of piperidine rings is 1. The van der Waals surface area contributed by atoms with Crippen molar-refractivity contribution in [3.8, 4) is 0 Å². The van der Waals surface area contributed by atoms with Crippen molar-refractivity contribution in [1.82, 2.24) is 9.88 Å². The number of hydrogen-bond donors (Lipinski definition) is 0. The Kier molecular flexibility index (Phi) is 6.77. The predicted octanol–water partition coefficient (Wildman–Crippen LogP) is 5.12. The minimum Gasteiger partial charge on any atom is -0.446 e. The highest BCUT2D eigenvalue weighted by atomic mass is 35.5. The summed E-state index contributed by atoms with van der Waals surface area (Å²) in [6.07, 6.45) is 11.5. The number of benzene rings is 1. The summed E-state index contributed by atoms with van der Waals surface area (Å²) in [5.41, 5.74) is 1.34. The molecule has 4 nitrogen and oxygen atoms in total. The minimum atomic E-state index is -0.760. The molecule has 2 aliphatic rings. The van der Waals surface area contributed by atoms with E-state index in [-0.39, 0.29) is 0 Å². The second-order valence-electron chi connectivity index (χ2n) is 8.69. The molecule has 1 aliphatic carbocycles. The van der Waals surface area contributed by atoms with Crippen LogP contribution in [0.4, 0.5) is 0 Å². The molecule has 0 radical (unpaired) electrons. The first-order valence-corrected chi connectivity index (χ1v) is 12.7. The fourth-order valence-electron chi connectivity index (χ4n) is 5.06. The molecule has 1 aromatic carbocycles. The van der Waals surface area contributed by atoms with Crippen molar-refractivity contribution in [1.29, 1.82) is 0 Å². The zero-order valence-corrected chi connectivity index (χ0v) is 18.9. The van der Waals surface area contributed by atoms with E-state index in [9.17, 15) is 4.21 Å². The van der Waals surface area contributed by atoms with Crippen LogP contribution in [0.2, 0.25) is 5.02 Å². The number of nitrogens with zero attached hydrogens (tertiary/aromatic N) is 2. The molecule has 0 amide bonds. The third-order valence-electron chi connectivity index (χ3n) is 6.71. The molecule has 158 valence electrons. The van der Waals surface area contributed by atoms with Gasteiger partial charge in [-0.1, -0.05) is 23.7 Å². The van der Waals surface area contributed by atoms with Crippen molar-refractivity contribution in [2.24, 2.45) is 0 Å². The van der Waals surface area contributed by atoms with E-state index in [1.54, 1.807) is 0 Å². The average Bonchev–Trinajstić information content (AvgIpc) is 3.16. The molecule has 2 heterocycles. The van der Waals surface area contributed by atoms with Crippen LogP contribution in [-0.4, -0.2) is 44.2 Å². The second kappa shape index (κ2) is 9.32. The van der Waals surface area contributed by atoms with Gasteiger partial charge in [0.15, 0.2) is 5.89 Å². The summed E-state index contributed by atoms with van der Waals surface area (Å²) in [7, 11) is -0.760. The Labute approximate surface area is 181 Å². The minimum absolute atomic E-state index is 0.295. The molecule has 6 heteroatoms. The zero-order valence-electron chi connectivity index (χ0n) is 17.4. The summed E-state index contributed by atoms with van der Waals surface area (Å²) >= 11 is 6.07. The number of likely N-dealkylation sites (tertiary alicyclic amines) is 1. The Morgan fingerprint density at radius 3 is 2.48 bits per heavy atom. The quantitative estimate of drug-likeness (QED) is 0.655. The molecular weight excluding hydrogens is 404 g/mol. The van der Waals surface area contributed by atoms with E-state index < -0.39 is 10.8 Å². The Hall–Kier alpha value is -1.17. The van der Waals surface area contributed by atoms with Crippen molar-refractivity contribution in [2.75, 3.05) is 12.8 Å². The first-order valence-electron chi connectivity index (χ1n) is 10.7. The van der Waals surface area contributed by atoms with Gasteiger partial charge in [-0.15, -0.1) is 0 Å². The van der Waals surface area contributed by atoms with Crippen LogP contribution in [0.3, 0.4) is 0 Å². The molecule has 0 bridgehead atoms. The summed E-state index contributed by atoms with van der Waals surface area (Å²) in [5.74, 6) is 2.25. The number of oxazole rings is 1. The molecule has 1 aliphatic heterocycles. The Balaban J connectivity index is 1.44. The van der Waals surface area contributed by atoms with Gasteiger partial charge >= 0.3 is 0 Å². The predicted molar refractivity (Wildman–Crippen MR) is 119 cm³/mol. The Morgan fingerprint density at radius 1 is 1.14 bits per heavy atom. The van der Waals surface area contributed by atoms with Crippen LogP contribution in [0.5, 0.6) is 0 Å². The molecule has 2 aromatic rings. The highest BCUT2D eigenvalue weighted by molar-refractivity contribution is 7.84. The highest BCUT2D eigenvalue weighted by Gasteiger charge is 2.37. The van der Waals surface area contributed by atoms with Crippen LogP contribution in [0, 0.1) is 6.92 Å². The van der Waals surface area contributed by atoms with Crippen LogP contribution in [-0.2, 0) is 17.2 Å². The Morgan fingerprint density at radius 2 is 1.86 bits per heavy atom. The normalized spacial score (nSPS) is 29.6. The van der Waals surface area contributed by atoms with Crippen LogP contribution in [0.1, 0.15) is 61.7 Å². The van der Waals surface area contributed by atoms with Crippen LogP contribution in [0.25, 0.3) is 0 Å². The maximum absolute atomic E-state index is 12.2. The SMILES string of the molecule is Cc1cnc(C2CCC(N3CC(S(C)=O)CCC3Cc3ccc(Cl)cc3)CC2)o1. The fraction of sp³-hybridized carbons (Fsp3) is 0.609. The first-order chi connectivity index (χ1) is 14.0. The van der Waals surface area contributed by atoms with Gasteiger partial charge in [-0.3, -0.25) is 9.11 Å². The molecule has 0 spiro atoms. The topological polar surface area (TPSA) is 46.3 Å². The maximum atomic E-state index is 12.2. The van der Waals surface area contributed by atoms with Gasteiger partial charge < -0.3 is 4.42 Å². The summed E-state index contributed by atoms with van der Waals surface area (Å²) in [5, 5.41) is 1.08. The standard InChI is InChI=1S/C23H31ClN2O2S/c1-16-14-25-23(28-16)18-5-9-20(10-6-18)26-15-22(29(2)27)12-11-21(26)13-17-3-7-19(24)8-4-17/h3-4,7-8,14,18,20-22H,5-6,9-13,15H2,1-2H3. The van der Waals surface area contributed by atoms with Gasteiger partial charge in [-0.2, -0.15) is 0 Å². The van der Waals surface area contributed by atoms with Crippen molar-refractivity contribution in [3.05, 3.63) is 52.7 Å². The smallest absolute Gasteiger partial charge is 0.197 e. The maximum Gasteiger partial charge on any atom is 0.197 e. The lowest BCUT2D eigenvalue weighted by Gasteiger charge is -2.46. The molecule has 1 saturated carbocycles. The van der Waals surface area contributed by atoms with E-state index in [1.807, 2.05) is 31.5 Å². The number of rotatable bonds is 5. The van der Waals surface area contributed by atoms with Gasteiger partial charge in [0.25, 0.3) is 0 Å². The largest absolute Gasteiger partial charge is 0.446 e. The molecule has 3 unspecified atom stereocenters. The molecular formula is C23H31ClN2O2S. The third kappa shape index (κ3) is 5.12. The Bertz CT molecular complexity index is 830. The van der Waals surface area contributed by atoms with Crippen molar-refractivity contribution in [3.63, 3.8) is 0 Å². The zero-order chi connectivity index (χ0) is 20.4. The van der Waals surface area contributed by atoms with Crippen molar-refractivity contribution < 1.29 is 8.63 Å². The monoisotopic (exact) mass is 434 g/mol. The van der Waals surface area contributed by atoms with Crippen LogP contribution < -0.4 is 0 Å². The number of aryl methyl sites for hydroxylation is 1. The second-order valence-corrected chi connectivity index (χ2v) is 10.8. The average molecular weight is 435 g/mol. The van der Waals surface area contributed by atoms with E-state index in [1.165, 1.54) is 5.56 Å².